The van der Waals surface area contributed by atoms with E-state index in [0.717, 1.165) is 0 Å². The highest BCUT2D eigenvalue weighted by Gasteiger charge is 2.21. The lowest BCUT2D eigenvalue weighted by molar-refractivity contribution is -0.119. The smallest absolute Gasteiger partial charge is 0.235 e. The van der Waals surface area contributed by atoms with Crippen molar-refractivity contribution in [1.82, 2.24) is 10.5 Å². The average Bonchev–Trinajstić information content (AvgIpc) is 2.61. The molecule has 0 radical (unpaired) electrons. The van der Waals surface area contributed by atoms with E-state index in [-0.39, 0.29) is 23.5 Å². The molecule has 1 amide bonds. The number of aryl methyl sites for hydroxylation is 1. The summed E-state index contributed by atoms with van der Waals surface area (Å²) < 4.78 is 28.5. The summed E-state index contributed by atoms with van der Waals surface area (Å²) in [7, 11) is -3.54. The molecular weight excluding hydrogens is 268 g/mol. The third kappa shape index (κ3) is 5.42. The second-order valence-electron chi connectivity index (χ2n) is 5.07. The minimum Gasteiger partial charge on any atom is -0.360 e. The molecule has 0 saturated carbocycles. The van der Waals surface area contributed by atoms with Gasteiger partial charge in [-0.3, -0.25) is 4.79 Å². The largest absolute Gasteiger partial charge is 0.360 e. The molecule has 0 aliphatic carbocycles. The first-order chi connectivity index (χ1) is 8.69. The molecule has 0 aliphatic heterocycles. The Hall–Kier alpha value is -1.37. The van der Waals surface area contributed by atoms with E-state index in [2.05, 4.69) is 10.5 Å². The molecule has 1 unspecified atom stereocenters. The number of sulfone groups is 1. The van der Waals surface area contributed by atoms with Crippen molar-refractivity contribution in [3.63, 3.8) is 0 Å². The highest BCUT2D eigenvalue weighted by atomic mass is 32.2. The lowest BCUT2D eigenvalue weighted by atomic mass is 10.1. The van der Waals surface area contributed by atoms with Crippen LogP contribution >= 0.6 is 0 Å². The number of aromatic nitrogens is 1. The summed E-state index contributed by atoms with van der Waals surface area (Å²) in [6, 6.07) is 1.49. The minimum atomic E-state index is -3.54. The summed E-state index contributed by atoms with van der Waals surface area (Å²) >= 11 is 0. The van der Waals surface area contributed by atoms with Crippen molar-refractivity contribution in [1.29, 1.82) is 0 Å². The number of hydrogen-bond acceptors (Lipinski definition) is 5. The molecule has 0 saturated heterocycles. The van der Waals surface area contributed by atoms with Crippen LogP contribution in [0.2, 0.25) is 0 Å². The Morgan fingerprint density at radius 1 is 1.42 bits per heavy atom. The number of amides is 1. The topological polar surface area (TPSA) is 89.3 Å². The van der Waals surface area contributed by atoms with Gasteiger partial charge in [0.05, 0.1) is 5.69 Å². The zero-order valence-electron chi connectivity index (χ0n) is 11.6. The molecule has 1 atom stereocenters. The fraction of sp³-hybridized carbons (Fsp3) is 0.667. The lowest BCUT2D eigenvalue weighted by Gasteiger charge is -2.17. The van der Waals surface area contributed by atoms with Crippen molar-refractivity contribution < 1.29 is 17.7 Å². The standard InChI is InChI=1S/C12H20N2O4S/c1-8(2)10(4)13-12(15)7-19(16,17)6-11-5-9(3)14-18-11/h5,8,10H,6-7H2,1-4H3,(H,13,15). The Kier molecular flexibility index (Phi) is 5.11. The Balaban J connectivity index is 2.57. The molecule has 1 N–H and O–H groups in total. The van der Waals surface area contributed by atoms with Gasteiger partial charge in [-0.15, -0.1) is 0 Å². The lowest BCUT2D eigenvalue weighted by Crippen LogP contribution is -2.39. The summed E-state index contributed by atoms with van der Waals surface area (Å²) in [5, 5.41) is 6.27. The van der Waals surface area contributed by atoms with Crippen LogP contribution in [0.5, 0.6) is 0 Å². The van der Waals surface area contributed by atoms with Gasteiger partial charge in [0.15, 0.2) is 15.6 Å². The molecule has 1 aromatic rings. The van der Waals surface area contributed by atoms with E-state index in [1.807, 2.05) is 20.8 Å². The second-order valence-corrected chi connectivity index (χ2v) is 7.13. The number of carbonyl (C=O) groups excluding carboxylic acids is 1. The molecule has 1 aromatic heterocycles. The first-order valence-corrected chi connectivity index (χ1v) is 7.93. The monoisotopic (exact) mass is 288 g/mol. The fourth-order valence-electron chi connectivity index (χ4n) is 1.41. The van der Waals surface area contributed by atoms with Gasteiger partial charge >= 0.3 is 0 Å². The summed E-state index contributed by atoms with van der Waals surface area (Å²) in [5.74, 6) is -0.829. The van der Waals surface area contributed by atoms with Crippen molar-refractivity contribution >= 4 is 15.7 Å². The molecule has 7 heteroatoms. The third-order valence-electron chi connectivity index (χ3n) is 2.78. The molecule has 0 aliphatic rings. The predicted molar refractivity (Wildman–Crippen MR) is 71.2 cm³/mol. The Morgan fingerprint density at radius 2 is 2.05 bits per heavy atom. The quantitative estimate of drug-likeness (QED) is 0.845. The van der Waals surface area contributed by atoms with Gasteiger partial charge in [0, 0.05) is 12.1 Å². The molecule has 6 nitrogen and oxygen atoms in total. The predicted octanol–water partition coefficient (Wildman–Crippen LogP) is 1.06. The highest BCUT2D eigenvalue weighted by Crippen LogP contribution is 2.08. The zero-order valence-corrected chi connectivity index (χ0v) is 12.5. The number of carbonyl (C=O) groups is 1. The molecule has 0 aromatic carbocycles. The van der Waals surface area contributed by atoms with E-state index in [9.17, 15) is 13.2 Å². The molecule has 19 heavy (non-hydrogen) atoms. The van der Waals surface area contributed by atoms with Gasteiger partial charge < -0.3 is 9.84 Å². The zero-order chi connectivity index (χ0) is 14.6. The Morgan fingerprint density at radius 3 is 2.53 bits per heavy atom. The van der Waals surface area contributed by atoms with Gasteiger partial charge in [-0.25, -0.2) is 8.42 Å². The van der Waals surface area contributed by atoms with Crippen LogP contribution in [-0.2, 0) is 20.4 Å². The van der Waals surface area contributed by atoms with Gasteiger partial charge in [-0.05, 0) is 19.8 Å². The van der Waals surface area contributed by atoms with Gasteiger partial charge in [-0.1, -0.05) is 19.0 Å². The summed E-state index contributed by atoms with van der Waals surface area (Å²) in [5.41, 5.74) is 0.614. The molecule has 1 heterocycles. The normalized spacial score (nSPS) is 13.5. The Labute approximate surface area is 113 Å². The van der Waals surface area contributed by atoms with Crippen molar-refractivity contribution in [2.75, 3.05) is 5.75 Å². The maximum Gasteiger partial charge on any atom is 0.235 e. The van der Waals surface area contributed by atoms with Crippen molar-refractivity contribution in [2.45, 2.75) is 39.5 Å². The molecule has 108 valence electrons. The van der Waals surface area contributed by atoms with Crippen LogP contribution < -0.4 is 5.32 Å². The van der Waals surface area contributed by atoms with Crippen molar-refractivity contribution in [3.8, 4) is 0 Å². The maximum absolute atomic E-state index is 11.8. The SMILES string of the molecule is Cc1cc(CS(=O)(=O)CC(=O)NC(C)C(C)C)on1. The first-order valence-electron chi connectivity index (χ1n) is 6.11. The second kappa shape index (κ2) is 6.18. The highest BCUT2D eigenvalue weighted by molar-refractivity contribution is 7.91. The van der Waals surface area contributed by atoms with Crippen LogP contribution in [0.1, 0.15) is 32.2 Å². The molecule has 0 fully saturated rings. The van der Waals surface area contributed by atoms with Crippen LogP contribution in [0.15, 0.2) is 10.6 Å². The summed E-state index contributed by atoms with van der Waals surface area (Å²) in [6.45, 7) is 7.46. The van der Waals surface area contributed by atoms with Crippen LogP contribution in [-0.4, -0.2) is 31.3 Å². The summed E-state index contributed by atoms with van der Waals surface area (Å²) in [6.07, 6.45) is 0. The number of nitrogens with one attached hydrogen (secondary N) is 1. The van der Waals surface area contributed by atoms with E-state index in [4.69, 9.17) is 4.52 Å². The van der Waals surface area contributed by atoms with E-state index < -0.39 is 21.5 Å². The van der Waals surface area contributed by atoms with Gasteiger partial charge in [0.1, 0.15) is 11.5 Å². The number of hydrogen-bond donors (Lipinski definition) is 1. The molecule has 1 rings (SSSR count). The van der Waals surface area contributed by atoms with E-state index in [0.29, 0.717) is 5.69 Å². The minimum absolute atomic E-state index is 0.0600. The van der Waals surface area contributed by atoms with Gasteiger partial charge in [-0.2, -0.15) is 0 Å². The summed E-state index contributed by atoms with van der Waals surface area (Å²) in [4.78, 5) is 11.6. The van der Waals surface area contributed by atoms with E-state index in [1.165, 1.54) is 0 Å². The van der Waals surface area contributed by atoms with Crippen LogP contribution in [0.3, 0.4) is 0 Å². The first kappa shape index (κ1) is 15.7. The third-order valence-corrected chi connectivity index (χ3v) is 4.20. The molecule has 0 spiro atoms. The Bertz CT molecular complexity index is 534. The van der Waals surface area contributed by atoms with E-state index >= 15 is 0 Å². The fourth-order valence-corrected chi connectivity index (χ4v) is 2.57. The van der Waals surface area contributed by atoms with Crippen LogP contribution in [0, 0.1) is 12.8 Å². The van der Waals surface area contributed by atoms with Gasteiger partial charge in [0.2, 0.25) is 5.91 Å². The van der Waals surface area contributed by atoms with Gasteiger partial charge in [0.25, 0.3) is 0 Å². The number of rotatable bonds is 6. The molecule has 0 bridgehead atoms. The van der Waals surface area contributed by atoms with Crippen molar-refractivity contribution in [2.24, 2.45) is 5.92 Å². The average molecular weight is 288 g/mol. The van der Waals surface area contributed by atoms with Crippen molar-refractivity contribution in [3.05, 3.63) is 17.5 Å². The maximum atomic E-state index is 11.8. The van der Waals surface area contributed by atoms with Crippen LogP contribution in [0.4, 0.5) is 0 Å². The molecular formula is C12H20N2O4S. The van der Waals surface area contributed by atoms with E-state index in [1.54, 1.807) is 13.0 Å². The number of nitrogens with zero attached hydrogens (tertiary/aromatic N) is 1. The van der Waals surface area contributed by atoms with Crippen LogP contribution in [0.25, 0.3) is 0 Å².